The van der Waals surface area contributed by atoms with Crippen molar-refractivity contribution in [1.29, 1.82) is 0 Å². The monoisotopic (exact) mass is 530 g/mol. The molecule has 0 amide bonds. The molecule has 2 aromatic rings. The molecule has 0 atom stereocenters. The molecule has 0 spiro atoms. The minimum Gasteiger partial charge on any atom is -0.493 e. The summed E-state index contributed by atoms with van der Waals surface area (Å²) in [6, 6.07) is 6.11. The van der Waals surface area contributed by atoms with Crippen molar-refractivity contribution in [2.45, 2.75) is 46.5 Å². The zero-order chi connectivity index (χ0) is 21.1. The quantitative estimate of drug-likeness (QED) is 0.198. The molecule has 2 rings (SSSR count). The standard InChI is InChI=1S/C22H34N4O3.HI/c1-6-28-21-15-18(11-12-20(21)27-5)9-7-13-24-22(23-4)25-14-8-10-19-16(2)26-29-17(19)3;/h11-12,15H,6-10,13-14H2,1-5H3,(H2,23,24,25);1H. The van der Waals surface area contributed by atoms with Gasteiger partial charge in [-0.25, -0.2) is 0 Å². The lowest BCUT2D eigenvalue weighted by atomic mass is 10.1. The number of nitrogens with zero attached hydrogens (tertiary/aromatic N) is 2. The lowest BCUT2D eigenvalue weighted by molar-refractivity contribution is 0.310. The topological polar surface area (TPSA) is 80.9 Å². The fraction of sp³-hybridized carbons (Fsp3) is 0.545. The second-order valence-corrected chi connectivity index (χ2v) is 6.85. The molecular weight excluding hydrogens is 495 g/mol. The molecule has 0 aliphatic carbocycles. The summed E-state index contributed by atoms with van der Waals surface area (Å²) < 4.78 is 16.2. The lowest BCUT2D eigenvalue weighted by Crippen LogP contribution is -2.38. The van der Waals surface area contributed by atoms with Crippen LogP contribution in [0.25, 0.3) is 0 Å². The van der Waals surface area contributed by atoms with Gasteiger partial charge in [0, 0.05) is 25.7 Å². The van der Waals surface area contributed by atoms with Gasteiger partial charge < -0.3 is 24.6 Å². The molecule has 0 saturated carbocycles. The van der Waals surface area contributed by atoms with E-state index in [9.17, 15) is 0 Å². The molecule has 1 aromatic heterocycles. The number of benzene rings is 1. The fourth-order valence-corrected chi connectivity index (χ4v) is 3.20. The molecule has 8 heteroatoms. The van der Waals surface area contributed by atoms with E-state index in [1.807, 2.05) is 26.8 Å². The SMILES string of the molecule is CCOc1cc(CCCNC(=NC)NCCCc2c(C)noc2C)ccc1OC.I. The molecule has 0 aliphatic heterocycles. The van der Waals surface area contributed by atoms with E-state index in [1.165, 1.54) is 11.1 Å². The maximum atomic E-state index is 5.65. The molecule has 0 fully saturated rings. The predicted octanol–water partition coefficient (Wildman–Crippen LogP) is 4.05. The molecule has 0 bridgehead atoms. The molecule has 0 saturated heterocycles. The number of nitrogens with one attached hydrogen (secondary N) is 2. The Labute approximate surface area is 197 Å². The number of aromatic nitrogens is 1. The van der Waals surface area contributed by atoms with Gasteiger partial charge >= 0.3 is 0 Å². The largest absolute Gasteiger partial charge is 0.493 e. The summed E-state index contributed by atoms with van der Waals surface area (Å²) in [5.41, 5.74) is 3.43. The second-order valence-electron chi connectivity index (χ2n) is 6.85. The average Bonchev–Trinajstić information content (AvgIpc) is 3.05. The Morgan fingerprint density at radius 1 is 1.10 bits per heavy atom. The minimum atomic E-state index is 0. The van der Waals surface area contributed by atoms with E-state index in [4.69, 9.17) is 14.0 Å². The zero-order valence-corrected chi connectivity index (χ0v) is 21.0. The summed E-state index contributed by atoms with van der Waals surface area (Å²) in [7, 11) is 3.45. The number of rotatable bonds is 11. The first-order valence-electron chi connectivity index (χ1n) is 10.2. The van der Waals surface area contributed by atoms with Crippen molar-refractivity contribution in [3.05, 3.63) is 40.8 Å². The number of guanidine groups is 1. The molecule has 1 heterocycles. The van der Waals surface area contributed by atoms with Crippen LogP contribution in [-0.2, 0) is 12.8 Å². The molecule has 30 heavy (non-hydrogen) atoms. The van der Waals surface area contributed by atoms with Gasteiger partial charge in [-0.15, -0.1) is 24.0 Å². The molecule has 1 aromatic carbocycles. The highest BCUT2D eigenvalue weighted by atomic mass is 127. The lowest BCUT2D eigenvalue weighted by Gasteiger charge is -2.13. The van der Waals surface area contributed by atoms with E-state index in [0.29, 0.717) is 6.61 Å². The maximum absolute atomic E-state index is 5.65. The number of hydrogen-bond acceptors (Lipinski definition) is 5. The number of hydrogen-bond donors (Lipinski definition) is 2. The van der Waals surface area contributed by atoms with Crippen molar-refractivity contribution in [2.75, 3.05) is 33.9 Å². The number of halogens is 1. The van der Waals surface area contributed by atoms with Crippen LogP contribution >= 0.6 is 24.0 Å². The van der Waals surface area contributed by atoms with Crippen molar-refractivity contribution in [3.63, 3.8) is 0 Å². The molecular formula is C22H35IN4O3. The van der Waals surface area contributed by atoms with Crippen LogP contribution in [-0.4, -0.2) is 45.0 Å². The summed E-state index contributed by atoms with van der Waals surface area (Å²) in [4.78, 5) is 4.29. The third kappa shape index (κ3) is 8.04. The van der Waals surface area contributed by atoms with Crippen LogP contribution in [0.2, 0.25) is 0 Å². The van der Waals surface area contributed by atoms with Gasteiger partial charge in [0.25, 0.3) is 0 Å². The summed E-state index contributed by atoms with van der Waals surface area (Å²) in [6.45, 7) is 8.24. The van der Waals surface area contributed by atoms with Gasteiger partial charge in [0.1, 0.15) is 5.76 Å². The average molecular weight is 530 g/mol. The first kappa shape index (κ1) is 26.1. The number of aliphatic imine (C=N–C) groups is 1. The molecule has 168 valence electrons. The van der Waals surface area contributed by atoms with Crippen LogP contribution < -0.4 is 20.1 Å². The Kier molecular flexibility index (Phi) is 12.3. The van der Waals surface area contributed by atoms with Crippen LogP contribution in [0.1, 0.15) is 42.3 Å². The minimum absolute atomic E-state index is 0. The molecule has 0 aliphatic rings. The fourth-order valence-electron chi connectivity index (χ4n) is 3.20. The second kappa shape index (κ2) is 14.1. The zero-order valence-electron chi connectivity index (χ0n) is 18.7. The first-order chi connectivity index (χ1) is 14.1. The molecule has 7 nitrogen and oxygen atoms in total. The van der Waals surface area contributed by atoms with Crippen LogP contribution in [0.5, 0.6) is 11.5 Å². The number of ether oxygens (including phenoxy) is 2. The smallest absolute Gasteiger partial charge is 0.190 e. The van der Waals surface area contributed by atoms with Gasteiger partial charge in [0.2, 0.25) is 0 Å². The van der Waals surface area contributed by atoms with Crippen molar-refractivity contribution in [2.24, 2.45) is 4.99 Å². The Morgan fingerprint density at radius 2 is 1.80 bits per heavy atom. The van der Waals surface area contributed by atoms with Crippen molar-refractivity contribution >= 4 is 29.9 Å². The van der Waals surface area contributed by atoms with Crippen LogP contribution in [0, 0.1) is 13.8 Å². The van der Waals surface area contributed by atoms with E-state index in [2.05, 4.69) is 32.9 Å². The highest BCUT2D eigenvalue weighted by Gasteiger charge is 2.08. The molecule has 0 unspecified atom stereocenters. The first-order valence-corrected chi connectivity index (χ1v) is 10.2. The van der Waals surface area contributed by atoms with E-state index in [-0.39, 0.29) is 24.0 Å². The third-order valence-electron chi connectivity index (χ3n) is 4.76. The summed E-state index contributed by atoms with van der Waals surface area (Å²) in [6.07, 6.45) is 3.90. The van der Waals surface area contributed by atoms with E-state index >= 15 is 0 Å². The third-order valence-corrected chi connectivity index (χ3v) is 4.76. The normalized spacial score (nSPS) is 11.0. The van der Waals surface area contributed by atoms with Crippen LogP contribution in [0.3, 0.4) is 0 Å². The van der Waals surface area contributed by atoms with E-state index in [1.54, 1.807) is 14.2 Å². The Bertz CT molecular complexity index is 773. The highest BCUT2D eigenvalue weighted by molar-refractivity contribution is 14.0. The number of aryl methyl sites for hydroxylation is 3. The van der Waals surface area contributed by atoms with Crippen LogP contribution in [0.15, 0.2) is 27.7 Å². The summed E-state index contributed by atoms with van der Waals surface area (Å²) >= 11 is 0. The Hall–Kier alpha value is -1.97. The summed E-state index contributed by atoms with van der Waals surface area (Å²) in [5, 5.41) is 10.7. The van der Waals surface area contributed by atoms with E-state index in [0.717, 1.165) is 67.7 Å². The van der Waals surface area contributed by atoms with Crippen molar-refractivity contribution in [3.8, 4) is 11.5 Å². The van der Waals surface area contributed by atoms with Gasteiger partial charge in [0.15, 0.2) is 17.5 Å². The van der Waals surface area contributed by atoms with Gasteiger partial charge in [-0.2, -0.15) is 0 Å². The van der Waals surface area contributed by atoms with Crippen molar-refractivity contribution in [1.82, 2.24) is 15.8 Å². The number of methoxy groups -OCH3 is 1. The van der Waals surface area contributed by atoms with Crippen molar-refractivity contribution < 1.29 is 14.0 Å². The van der Waals surface area contributed by atoms with Crippen LogP contribution in [0.4, 0.5) is 0 Å². The molecule has 0 radical (unpaired) electrons. The Balaban J connectivity index is 0.00000450. The van der Waals surface area contributed by atoms with Gasteiger partial charge in [-0.1, -0.05) is 11.2 Å². The Morgan fingerprint density at radius 3 is 2.37 bits per heavy atom. The summed E-state index contributed by atoms with van der Waals surface area (Å²) in [5.74, 6) is 3.32. The molecule has 2 N–H and O–H groups in total. The predicted molar refractivity (Wildman–Crippen MR) is 132 cm³/mol. The van der Waals surface area contributed by atoms with Gasteiger partial charge in [-0.05, 0) is 64.2 Å². The van der Waals surface area contributed by atoms with E-state index < -0.39 is 0 Å². The maximum Gasteiger partial charge on any atom is 0.190 e. The highest BCUT2D eigenvalue weighted by Crippen LogP contribution is 2.28. The van der Waals surface area contributed by atoms with Gasteiger partial charge in [0.05, 0.1) is 19.4 Å². The van der Waals surface area contributed by atoms with Gasteiger partial charge in [-0.3, -0.25) is 4.99 Å².